The predicted octanol–water partition coefficient (Wildman–Crippen LogP) is -0.822. The standard InChI is InChI=1S/C13H16N2O6S/c1-6(16)3-21-13(19)10-8(4-20-7(2)17)5-22-12-9(14)11(18)15(10)12/h9,12H,3-5,14H2,1-2H3/t9?,12-/m1/s1. The number of carbonyl (C=O) groups excluding carboxylic acids is 4. The Morgan fingerprint density at radius 1 is 1.32 bits per heavy atom. The van der Waals surface area contributed by atoms with Gasteiger partial charge in [-0.1, -0.05) is 0 Å². The highest BCUT2D eigenvalue weighted by Crippen LogP contribution is 2.39. The molecular formula is C13H16N2O6S. The normalized spacial score (nSPS) is 23.6. The van der Waals surface area contributed by atoms with E-state index < -0.39 is 23.9 Å². The van der Waals surface area contributed by atoms with Crippen molar-refractivity contribution >= 4 is 35.4 Å². The number of β-lactam (4-membered cyclic amide) rings is 1. The molecule has 1 amide bonds. The topological polar surface area (TPSA) is 116 Å². The molecule has 2 aliphatic rings. The van der Waals surface area contributed by atoms with Crippen LogP contribution in [0.2, 0.25) is 0 Å². The fourth-order valence-electron chi connectivity index (χ4n) is 2.10. The molecule has 0 saturated carbocycles. The summed E-state index contributed by atoms with van der Waals surface area (Å²) in [5.74, 6) is -1.61. The van der Waals surface area contributed by atoms with Gasteiger partial charge < -0.3 is 15.2 Å². The second-order valence-corrected chi connectivity index (χ2v) is 6.05. The first-order valence-electron chi connectivity index (χ1n) is 6.55. The maximum absolute atomic E-state index is 12.2. The molecule has 0 bridgehead atoms. The van der Waals surface area contributed by atoms with Crippen LogP contribution >= 0.6 is 11.8 Å². The lowest BCUT2D eigenvalue weighted by atomic mass is 10.0. The van der Waals surface area contributed by atoms with Crippen molar-refractivity contribution in [1.29, 1.82) is 0 Å². The van der Waals surface area contributed by atoms with Gasteiger partial charge in [0.05, 0.1) is 0 Å². The maximum atomic E-state index is 12.2. The van der Waals surface area contributed by atoms with Gasteiger partial charge in [-0.15, -0.1) is 11.8 Å². The minimum absolute atomic E-state index is 0.0259. The molecule has 0 spiro atoms. The van der Waals surface area contributed by atoms with Crippen molar-refractivity contribution in [2.75, 3.05) is 19.0 Å². The summed E-state index contributed by atoms with van der Waals surface area (Å²) >= 11 is 1.39. The number of thioether (sulfide) groups is 1. The molecule has 2 heterocycles. The quantitative estimate of drug-likeness (QED) is 0.514. The Hall–Kier alpha value is -1.87. The molecule has 1 fully saturated rings. The molecule has 8 nitrogen and oxygen atoms in total. The number of ether oxygens (including phenoxy) is 2. The number of ketones is 1. The third-order valence-electron chi connectivity index (χ3n) is 3.14. The Kier molecular flexibility index (Phi) is 4.87. The van der Waals surface area contributed by atoms with Crippen LogP contribution in [0.15, 0.2) is 11.3 Å². The molecule has 2 N–H and O–H groups in total. The molecular weight excluding hydrogens is 312 g/mol. The first-order chi connectivity index (χ1) is 10.3. The summed E-state index contributed by atoms with van der Waals surface area (Å²) in [6, 6.07) is -0.670. The second-order valence-electron chi connectivity index (χ2n) is 4.95. The molecule has 1 saturated heterocycles. The van der Waals surface area contributed by atoms with E-state index in [0.717, 1.165) is 0 Å². The van der Waals surface area contributed by atoms with Gasteiger partial charge in [0.1, 0.15) is 30.3 Å². The monoisotopic (exact) mass is 328 g/mol. The number of nitrogens with two attached hydrogens (primary N) is 1. The number of esters is 2. The maximum Gasteiger partial charge on any atom is 0.355 e. The lowest BCUT2D eigenvalue weighted by Crippen LogP contribution is -2.68. The van der Waals surface area contributed by atoms with Gasteiger partial charge in [-0.2, -0.15) is 0 Å². The summed E-state index contributed by atoms with van der Waals surface area (Å²) in [4.78, 5) is 47.2. The van der Waals surface area contributed by atoms with Crippen LogP contribution in [0.25, 0.3) is 0 Å². The molecule has 2 aliphatic heterocycles. The van der Waals surface area contributed by atoms with Crippen LogP contribution < -0.4 is 5.73 Å². The second kappa shape index (κ2) is 6.49. The van der Waals surface area contributed by atoms with E-state index >= 15 is 0 Å². The van der Waals surface area contributed by atoms with Crippen LogP contribution in [0.1, 0.15) is 13.8 Å². The number of amides is 1. The number of Topliss-reactive ketones (excluding diaryl/α,β-unsaturated/α-hetero) is 1. The molecule has 0 aromatic carbocycles. The fraction of sp³-hybridized carbons (Fsp3) is 0.538. The molecule has 2 atom stereocenters. The zero-order valence-electron chi connectivity index (χ0n) is 12.2. The van der Waals surface area contributed by atoms with Crippen molar-refractivity contribution in [2.45, 2.75) is 25.3 Å². The van der Waals surface area contributed by atoms with Crippen molar-refractivity contribution in [3.63, 3.8) is 0 Å². The highest BCUT2D eigenvalue weighted by atomic mass is 32.2. The molecule has 2 rings (SSSR count). The number of hydrogen-bond acceptors (Lipinski definition) is 8. The van der Waals surface area contributed by atoms with Gasteiger partial charge in [-0.3, -0.25) is 19.3 Å². The van der Waals surface area contributed by atoms with Crippen LogP contribution in [0.4, 0.5) is 0 Å². The van der Waals surface area contributed by atoms with E-state index in [9.17, 15) is 19.2 Å². The summed E-state index contributed by atoms with van der Waals surface area (Å²) in [6.45, 7) is 2.04. The van der Waals surface area contributed by atoms with E-state index in [1.165, 1.54) is 30.5 Å². The van der Waals surface area contributed by atoms with Gasteiger partial charge >= 0.3 is 11.9 Å². The number of fused-ring (bicyclic) bond motifs is 1. The third-order valence-corrected chi connectivity index (χ3v) is 4.50. The van der Waals surface area contributed by atoms with E-state index in [-0.39, 0.29) is 30.1 Å². The first kappa shape index (κ1) is 16.5. The third kappa shape index (κ3) is 3.14. The fourth-order valence-corrected chi connectivity index (χ4v) is 3.38. The Bertz CT molecular complexity index is 573. The predicted molar refractivity (Wildman–Crippen MR) is 76.4 cm³/mol. The van der Waals surface area contributed by atoms with Crippen molar-refractivity contribution < 1.29 is 28.7 Å². The number of nitrogens with zero attached hydrogens (tertiary/aromatic N) is 1. The molecule has 0 radical (unpaired) electrons. The summed E-state index contributed by atoms with van der Waals surface area (Å²) in [5.41, 5.74) is 6.19. The van der Waals surface area contributed by atoms with Crippen molar-refractivity contribution in [3.8, 4) is 0 Å². The van der Waals surface area contributed by atoms with Gasteiger partial charge in [0.2, 0.25) is 5.91 Å². The minimum Gasteiger partial charge on any atom is -0.461 e. The van der Waals surface area contributed by atoms with Gasteiger partial charge in [0, 0.05) is 18.2 Å². The molecule has 9 heteroatoms. The minimum atomic E-state index is -0.789. The number of carbonyl (C=O) groups is 4. The summed E-state index contributed by atoms with van der Waals surface area (Å²) < 4.78 is 9.79. The Labute approximate surface area is 131 Å². The summed E-state index contributed by atoms with van der Waals surface area (Å²) in [6.07, 6.45) is 0. The smallest absolute Gasteiger partial charge is 0.355 e. The highest BCUT2D eigenvalue weighted by molar-refractivity contribution is 8.00. The van der Waals surface area contributed by atoms with E-state index in [1.54, 1.807) is 0 Å². The average molecular weight is 328 g/mol. The van der Waals surface area contributed by atoms with Crippen LogP contribution in [-0.4, -0.2) is 58.9 Å². The van der Waals surface area contributed by atoms with E-state index in [2.05, 4.69) is 0 Å². The molecule has 0 aromatic rings. The Morgan fingerprint density at radius 2 is 2.00 bits per heavy atom. The van der Waals surface area contributed by atoms with Gasteiger partial charge in [-0.25, -0.2) is 4.79 Å². The summed E-state index contributed by atoms with van der Waals surface area (Å²) in [7, 11) is 0. The van der Waals surface area contributed by atoms with Gasteiger partial charge in [-0.05, 0) is 6.92 Å². The molecule has 22 heavy (non-hydrogen) atoms. The van der Waals surface area contributed by atoms with Crippen LogP contribution in [0, 0.1) is 0 Å². The lowest BCUT2D eigenvalue weighted by molar-refractivity contribution is -0.152. The summed E-state index contributed by atoms with van der Waals surface area (Å²) in [5, 5.41) is -0.339. The van der Waals surface area contributed by atoms with Crippen molar-refractivity contribution in [3.05, 3.63) is 11.3 Å². The van der Waals surface area contributed by atoms with Crippen molar-refractivity contribution in [2.24, 2.45) is 5.73 Å². The van der Waals surface area contributed by atoms with E-state index in [1.807, 2.05) is 0 Å². The number of rotatable bonds is 5. The lowest BCUT2D eigenvalue weighted by Gasteiger charge is -2.48. The van der Waals surface area contributed by atoms with Crippen LogP contribution in [0.3, 0.4) is 0 Å². The number of hydrogen-bond donors (Lipinski definition) is 1. The zero-order valence-corrected chi connectivity index (χ0v) is 13.0. The molecule has 120 valence electrons. The molecule has 1 unspecified atom stereocenters. The molecule has 0 aliphatic carbocycles. The van der Waals surface area contributed by atoms with E-state index in [4.69, 9.17) is 15.2 Å². The van der Waals surface area contributed by atoms with Gasteiger partial charge in [0.25, 0.3) is 0 Å². The Balaban J connectivity index is 2.24. The van der Waals surface area contributed by atoms with Gasteiger partial charge in [0.15, 0.2) is 5.78 Å². The molecule has 0 aromatic heterocycles. The van der Waals surface area contributed by atoms with Crippen LogP contribution in [-0.2, 0) is 28.7 Å². The zero-order chi connectivity index (χ0) is 16.4. The van der Waals surface area contributed by atoms with Crippen LogP contribution in [0.5, 0.6) is 0 Å². The van der Waals surface area contributed by atoms with E-state index in [0.29, 0.717) is 11.3 Å². The van der Waals surface area contributed by atoms with Crippen molar-refractivity contribution in [1.82, 2.24) is 4.90 Å². The average Bonchev–Trinajstić information content (AvgIpc) is 2.48. The highest BCUT2D eigenvalue weighted by Gasteiger charge is 2.52. The Morgan fingerprint density at radius 3 is 2.59 bits per heavy atom. The first-order valence-corrected chi connectivity index (χ1v) is 7.60. The largest absolute Gasteiger partial charge is 0.461 e. The SMILES string of the molecule is CC(=O)COC(=O)C1=C(COC(C)=O)CS[C@@H]2C(N)C(=O)N12.